The van der Waals surface area contributed by atoms with Crippen molar-refractivity contribution in [1.29, 1.82) is 0 Å². The van der Waals surface area contributed by atoms with Crippen LogP contribution in [0, 0.1) is 0 Å². The third kappa shape index (κ3) is 11.5. The third-order valence-electron chi connectivity index (χ3n) is 2.26. The molecule has 0 saturated heterocycles. The Morgan fingerprint density at radius 1 is 1.18 bits per heavy atom. The van der Waals surface area contributed by atoms with Gasteiger partial charge < -0.3 is 9.84 Å². The first-order chi connectivity index (χ1) is 7.98. The normalized spacial score (nSPS) is 11.5. The first-order valence-electron chi connectivity index (χ1n) is 6.14. The second-order valence-corrected chi connectivity index (χ2v) is 4.59. The van der Waals surface area contributed by atoms with Crippen molar-refractivity contribution in [1.82, 2.24) is 0 Å². The zero-order valence-corrected chi connectivity index (χ0v) is 11.0. The zero-order valence-electron chi connectivity index (χ0n) is 11.0. The van der Waals surface area contributed by atoms with E-state index in [1.54, 1.807) is 0 Å². The van der Waals surface area contributed by atoms with E-state index in [1.807, 2.05) is 13.8 Å². The lowest BCUT2D eigenvalue weighted by Crippen LogP contribution is -2.24. The molecule has 0 fully saturated rings. The number of hydrogen-bond acceptors (Lipinski definition) is 4. The predicted molar refractivity (Wildman–Crippen MR) is 63.9 cm³/mol. The number of carbonyl (C=O) groups is 1. The molecule has 0 aromatic heterocycles. The molecule has 0 rings (SSSR count). The van der Waals surface area contributed by atoms with E-state index in [0.717, 1.165) is 25.7 Å². The van der Waals surface area contributed by atoms with Crippen LogP contribution < -0.4 is 0 Å². The van der Waals surface area contributed by atoms with Crippen LogP contribution in [0.1, 0.15) is 52.9 Å². The maximum absolute atomic E-state index is 10.0. The van der Waals surface area contributed by atoms with Crippen LogP contribution in [0.4, 0.5) is 4.79 Å². The average molecular weight is 248 g/mol. The summed E-state index contributed by atoms with van der Waals surface area (Å²) in [5.41, 5.74) is -0.256. The quantitative estimate of drug-likeness (QED) is 0.278. The van der Waals surface area contributed by atoms with Gasteiger partial charge in [-0.2, -0.15) is 0 Å². The summed E-state index contributed by atoms with van der Waals surface area (Å²) in [4.78, 5) is 20.4. The molecular weight excluding hydrogens is 224 g/mol. The van der Waals surface area contributed by atoms with Crippen molar-refractivity contribution in [2.45, 2.75) is 58.5 Å². The molecule has 0 saturated carbocycles. The molecule has 0 amide bonds. The molecule has 1 N–H and O–H groups in total. The molecule has 102 valence electrons. The van der Waals surface area contributed by atoms with Crippen molar-refractivity contribution in [3.8, 4) is 0 Å². The lowest BCUT2D eigenvalue weighted by atomic mass is 10.0. The summed E-state index contributed by atoms with van der Waals surface area (Å²) in [5, 5.41) is 8.23. The summed E-state index contributed by atoms with van der Waals surface area (Å²) >= 11 is 0. The lowest BCUT2D eigenvalue weighted by Gasteiger charge is -2.23. The van der Waals surface area contributed by atoms with E-state index in [0.29, 0.717) is 13.0 Å². The van der Waals surface area contributed by atoms with Crippen molar-refractivity contribution in [2.75, 3.05) is 13.2 Å². The molecule has 0 aromatic rings. The monoisotopic (exact) mass is 248 g/mol. The molecule has 0 radical (unpaired) electrons. The van der Waals surface area contributed by atoms with Gasteiger partial charge in [-0.05, 0) is 33.1 Å². The highest BCUT2D eigenvalue weighted by molar-refractivity contribution is 5.56. The van der Waals surface area contributed by atoms with Crippen LogP contribution in [0.15, 0.2) is 0 Å². The van der Waals surface area contributed by atoms with Gasteiger partial charge in [0.2, 0.25) is 0 Å². The summed E-state index contributed by atoms with van der Waals surface area (Å²) in [6.07, 6.45) is 3.35. The molecule has 0 aliphatic heterocycles. The van der Waals surface area contributed by atoms with E-state index in [9.17, 15) is 4.79 Å². The van der Waals surface area contributed by atoms with Gasteiger partial charge >= 0.3 is 6.16 Å². The second-order valence-electron chi connectivity index (χ2n) is 4.59. The van der Waals surface area contributed by atoms with Gasteiger partial charge in [-0.1, -0.05) is 19.8 Å². The first-order valence-corrected chi connectivity index (χ1v) is 6.14. The van der Waals surface area contributed by atoms with Gasteiger partial charge in [0.15, 0.2) is 0 Å². The van der Waals surface area contributed by atoms with Crippen molar-refractivity contribution >= 4 is 6.16 Å². The van der Waals surface area contributed by atoms with Crippen molar-refractivity contribution in [2.24, 2.45) is 0 Å². The van der Waals surface area contributed by atoms with Gasteiger partial charge in [0.1, 0.15) is 0 Å². The fraction of sp³-hybridized carbons (Fsp3) is 0.917. The number of carboxylic acid groups (broad SMARTS) is 1. The Labute approximate surface area is 103 Å². The van der Waals surface area contributed by atoms with Crippen molar-refractivity contribution < 1.29 is 24.4 Å². The highest BCUT2D eigenvalue weighted by atomic mass is 17.2. The molecule has 0 unspecified atom stereocenters. The Morgan fingerprint density at radius 3 is 2.41 bits per heavy atom. The molecule has 0 aliphatic carbocycles. The molecule has 5 heteroatoms. The topological polar surface area (TPSA) is 65.0 Å². The van der Waals surface area contributed by atoms with Crippen LogP contribution in [0.2, 0.25) is 0 Å². The van der Waals surface area contributed by atoms with E-state index in [4.69, 9.17) is 14.9 Å². The second kappa shape index (κ2) is 9.24. The van der Waals surface area contributed by atoms with Crippen molar-refractivity contribution in [3.63, 3.8) is 0 Å². The minimum atomic E-state index is -1.23. The highest BCUT2D eigenvalue weighted by Gasteiger charge is 2.18. The van der Waals surface area contributed by atoms with Crippen LogP contribution in [0.3, 0.4) is 0 Å². The molecule has 5 nitrogen and oxygen atoms in total. The number of ether oxygens (including phenoxy) is 1. The molecule has 0 spiro atoms. The van der Waals surface area contributed by atoms with E-state index < -0.39 is 6.16 Å². The van der Waals surface area contributed by atoms with E-state index in [-0.39, 0.29) is 12.2 Å². The average Bonchev–Trinajstić information content (AvgIpc) is 2.24. The Hall–Kier alpha value is -0.810. The third-order valence-corrected chi connectivity index (χ3v) is 2.26. The first kappa shape index (κ1) is 16.2. The fourth-order valence-electron chi connectivity index (χ4n) is 1.27. The standard InChI is InChI=1S/C12H24O5/c1-4-5-8-12(2,3)17-16-10-7-6-9-15-11(13)14/h4-10H2,1-3H3,(H,13,14). The summed E-state index contributed by atoms with van der Waals surface area (Å²) in [7, 11) is 0. The summed E-state index contributed by atoms with van der Waals surface area (Å²) in [6, 6.07) is 0. The van der Waals surface area contributed by atoms with Gasteiger partial charge in [0.25, 0.3) is 0 Å². The maximum atomic E-state index is 10.0. The fourth-order valence-corrected chi connectivity index (χ4v) is 1.27. The van der Waals surface area contributed by atoms with Crippen LogP contribution in [0.25, 0.3) is 0 Å². The van der Waals surface area contributed by atoms with Gasteiger partial charge in [-0.15, -0.1) is 0 Å². The Balaban J connectivity index is 3.34. The number of rotatable bonds is 10. The van der Waals surface area contributed by atoms with E-state index in [2.05, 4.69) is 11.7 Å². The largest absolute Gasteiger partial charge is 0.505 e. The minimum Gasteiger partial charge on any atom is -0.450 e. The molecule has 0 aromatic carbocycles. The summed E-state index contributed by atoms with van der Waals surface area (Å²) < 4.78 is 4.36. The maximum Gasteiger partial charge on any atom is 0.505 e. The molecular formula is C12H24O5. The molecule has 0 aliphatic rings. The van der Waals surface area contributed by atoms with Crippen LogP contribution in [0.5, 0.6) is 0 Å². The zero-order chi connectivity index (χ0) is 13.1. The number of hydrogen-bond donors (Lipinski definition) is 1. The highest BCUT2D eigenvalue weighted by Crippen LogP contribution is 2.18. The predicted octanol–water partition coefficient (Wildman–Crippen LogP) is 3.38. The van der Waals surface area contributed by atoms with E-state index >= 15 is 0 Å². The Kier molecular flexibility index (Phi) is 8.80. The van der Waals surface area contributed by atoms with Crippen LogP contribution in [-0.2, 0) is 14.5 Å². The lowest BCUT2D eigenvalue weighted by molar-refractivity contribution is -0.354. The van der Waals surface area contributed by atoms with Crippen LogP contribution in [-0.4, -0.2) is 30.1 Å². The van der Waals surface area contributed by atoms with Crippen LogP contribution >= 0.6 is 0 Å². The SMILES string of the molecule is CCCCC(C)(C)OOCCCCOC(=O)O. The van der Waals surface area contributed by atoms with Crippen molar-refractivity contribution in [3.05, 3.63) is 0 Å². The van der Waals surface area contributed by atoms with E-state index in [1.165, 1.54) is 0 Å². The summed E-state index contributed by atoms with van der Waals surface area (Å²) in [5.74, 6) is 0. The summed E-state index contributed by atoms with van der Waals surface area (Å²) in [6.45, 7) is 6.79. The minimum absolute atomic E-state index is 0.206. The molecule has 0 atom stereocenters. The smallest absolute Gasteiger partial charge is 0.450 e. The molecule has 0 heterocycles. The Bertz CT molecular complexity index is 203. The van der Waals surface area contributed by atoms with Gasteiger partial charge in [-0.3, -0.25) is 0 Å². The van der Waals surface area contributed by atoms with Gasteiger partial charge in [0, 0.05) is 0 Å². The molecule has 0 bridgehead atoms. The van der Waals surface area contributed by atoms with Gasteiger partial charge in [-0.25, -0.2) is 14.6 Å². The number of unbranched alkanes of at least 4 members (excludes halogenated alkanes) is 2. The van der Waals surface area contributed by atoms with Gasteiger partial charge in [0.05, 0.1) is 18.8 Å². The molecule has 17 heavy (non-hydrogen) atoms. The Morgan fingerprint density at radius 2 is 1.82 bits per heavy atom.